The lowest BCUT2D eigenvalue weighted by molar-refractivity contribution is 0.321. The van der Waals surface area contributed by atoms with E-state index >= 15 is 0 Å². The molecule has 11 heavy (non-hydrogen) atoms. The highest BCUT2D eigenvalue weighted by molar-refractivity contribution is 8.13. The van der Waals surface area contributed by atoms with Crippen molar-refractivity contribution in [2.45, 2.75) is 0 Å². The Morgan fingerprint density at radius 2 is 2.00 bits per heavy atom. The first kappa shape index (κ1) is 8.14. The monoisotopic (exact) mass is 167 g/mol. The molecule has 0 unspecified atom stereocenters. The maximum atomic E-state index is 8.55. The second kappa shape index (κ2) is 4.03. The molecule has 0 amide bonds. The topological polar surface area (TPSA) is 32.6 Å². The molecule has 3 heteroatoms. The van der Waals surface area contributed by atoms with Gasteiger partial charge < -0.3 is 5.21 Å². The molecule has 0 fully saturated rings. The molecular weight excluding hydrogens is 158 g/mol. The van der Waals surface area contributed by atoms with Gasteiger partial charge in [-0.2, -0.15) is 0 Å². The molecule has 0 saturated heterocycles. The van der Waals surface area contributed by atoms with Gasteiger partial charge in [0.15, 0.2) is 0 Å². The van der Waals surface area contributed by atoms with Crippen LogP contribution < -0.4 is 0 Å². The molecule has 0 atom stereocenters. The minimum Gasteiger partial charge on any atom is -0.410 e. The quantitative estimate of drug-likeness (QED) is 0.301. The van der Waals surface area contributed by atoms with Gasteiger partial charge in [-0.05, 0) is 6.26 Å². The van der Waals surface area contributed by atoms with E-state index in [0.717, 1.165) is 5.56 Å². The maximum absolute atomic E-state index is 8.55. The Labute approximate surface area is 69.9 Å². The predicted molar refractivity (Wildman–Crippen MR) is 48.3 cm³/mol. The summed E-state index contributed by atoms with van der Waals surface area (Å²) in [5, 5.41) is 12.3. The van der Waals surface area contributed by atoms with Gasteiger partial charge in [-0.3, -0.25) is 0 Å². The number of rotatable bonds is 1. The Balaban J connectivity index is 2.92. The molecular formula is C8H9NOS. The average Bonchev–Trinajstić information content (AvgIpc) is 2.09. The van der Waals surface area contributed by atoms with Crippen molar-refractivity contribution in [1.29, 1.82) is 0 Å². The number of hydrogen-bond acceptors (Lipinski definition) is 3. The number of benzene rings is 1. The van der Waals surface area contributed by atoms with Crippen molar-refractivity contribution in [1.82, 2.24) is 0 Å². The van der Waals surface area contributed by atoms with Crippen LogP contribution in [0.25, 0.3) is 0 Å². The maximum Gasteiger partial charge on any atom is 0.142 e. The van der Waals surface area contributed by atoms with Crippen LogP contribution in [0, 0.1) is 0 Å². The van der Waals surface area contributed by atoms with Gasteiger partial charge in [-0.1, -0.05) is 35.5 Å². The average molecular weight is 167 g/mol. The lowest BCUT2D eigenvalue weighted by Crippen LogP contribution is -1.92. The molecule has 1 rings (SSSR count). The molecule has 0 aliphatic rings. The Kier molecular flexibility index (Phi) is 2.98. The number of oxime groups is 1. The summed E-state index contributed by atoms with van der Waals surface area (Å²) >= 11 is 1.42. The Morgan fingerprint density at radius 1 is 1.36 bits per heavy atom. The van der Waals surface area contributed by atoms with Gasteiger partial charge >= 0.3 is 0 Å². The Hall–Kier alpha value is -0.960. The summed E-state index contributed by atoms with van der Waals surface area (Å²) < 4.78 is 0. The summed E-state index contributed by atoms with van der Waals surface area (Å²) in [5.74, 6) is 0. The Morgan fingerprint density at radius 3 is 2.45 bits per heavy atom. The third-order valence-corrected chi connectivity index (χ3v) is 2.01. The van der Waals surface area contributed by atoms with E-state index in [1.54, 1.807) is 0 Å². The van der Waals surface area contributed by atoms with Gasteiger partial charge in [0, 0.05) is 5.56 Å². The fraction of sp³-hybridized carbons (Fsp3) is 0.125. The zero-order valence-electron chi connectivity index (χ0n) is 6.19. The highest BCUT2D eigenvalue weighted by atomic mass is 32.2. The molecule has 0 radical (unpaired) electrons. The van der Waals surface area contributed by atoms with Crippen LogP contribution in [-0.4, -0.2) is 16.5 Å². The lowest BCUT2D eigenvalue weighted by atomic mass is 10.2. The fourth-order valence-electron chi connectivity index (χ4n) is 0.797. The van der Waals surface area contributed by atoms with Crippen molar-refractivity contribution in [2.24, 2.45) is 5.16 Å². The minimum absolute atomic E-state index is 0.644. The van der Waals surface area contributed by atoms with Crippen molar-refractivity contribution >= 4 is 16.8 Å². The third kappa shape index (κ3) is 1.98. The van der Waals surface area contributed by atoms with E-state index in [1.807, 2.05) is 36.6 Å². The van der Waals surface area contributed by atoms with Gasteiger partial charge in [0.1, 0.15) is 5.04 Å². The number of nitrogens with zero attached hydrogens (tertiary/aromatic N) is 1. The second-order valence-corrected chi connectivity index (χ2v) is 2.77. The largest absolute Gasteiger partial charge is 0.410 e. The molecule has 0 aliphatic heterocycles. The van der Waals surface area contributed by atoms with Crippen LogP contribution in [-0.2, 0) is 0 Å². The normalized spacial score (nSPS) is 11.5. The standard InChI is InChI=1S/C8H9NOS/c1-11-8(9-10)7-5-3-2-4-6-7/h2-6,10H,1H3. The van der Waals surface area contributed by atoms with Crippen molar-refractivity contribution in [3.05, 3.63) is 35.9 Å². The number of thioether (sulfide) groups is 1. The van der Waals surface area contributed by atoms with E-state index in [9.17, 15) is 0 Å². The van der Waals surface area contributed by atoms with E-state index in [2.05, 4.69) is 5.16 Å². The van der Waals surface area contributed by atoms with Crippen LogP contribution in [0.3, 0.4) is 0 Å². The summed E-state index contributed by atoms with van der Waals surface area (Å²) in [6, 6.07) is 9.57. The van der Waals surface area contributed by atoms with Crippen molar-refractivity contribution in [3.63, 3.8) is 0 Å². The highest BCUT2D eigenvalue weighted by Gasteiger charge is 1.98. The van der Waals surface area contributed by atoms with Crippen LogP contribution in [0.2, 0.25) is 0 Å². The fourth-order valence-corrected chi connectivity index (χ4v) is 1.25. The van der Waals surface area contributed by atoms with Crippen molar-refractivity contribution in [2.75, 3.05) is 6.26 Å². The molecule has 58 valence electrons. The van der Waals surface area contributed by atoms with E-state index in [0.29, 0.717) is 5.04 Å². The summed E-state index contributed by atoms with van der Waals surface area (Å²) in [6.07, 6.45) is 1.88. The molecule has 1 N–H and O–H groups in total. The van der Waals surface area contributed by atoms with Gasteiger partial charge in [0.25, 0.3) is 0 Å². The lowest BCUT2D eigenvalue weighted by Gasteiger charge is -1.97. The van der Waals surface area contributed by atoms with Gasteiger partial charge in [0.05, 0.1) is 0 Å². The van der Waals surface area contributed by atoms with Crippen LogP contribution in [0.4, 0.5) is 0 Å². The molecule has 0 bridgehead atoms. The van der Waals surface area contributed by atoms with E-state index < -0.39 is 0 Å². The van der Waals surface area contributed by atoms with E-state index in [-0.39, 0.29) is 0 Å². The summed E-state index contributed by atoms with van der Waals surface area (Å²) in [7, 11) is 0. The smallest absolute Gasteiger partial charge is 0.142 e. The predicted octanol–water partition coefficient (Wildman–Crippen LogP) is 2.19. The molecule has 0 aromatic heterocycles. The van der Waals surface area contributed by atoms with Gasteiger partial charge in [-0.15, -0.1) is 11.8 Å². The molecule has 0 heterocycles. The molecule has 1 aromatic rings. The SMILES string of the molecule is CSC(=NO)c1ccccc1. The second-order valence-electron chi connectivity index (χ2n) is 1.98. The zero-order chi connectivity index (χ0) is 8.10. The van der Waals surface area contributed by atoms with E-state index in [1.165, 1.54) is 11.8 Å². The summed E-state index contributed by atoms with van der Waals surface area (Å²) in [4.78, 5) is 0. The number of hydrogen-bond donors (Lipinski definition) is 1. The van der Waals surface area contributed by atoms with Crippen LogP contribution in [0.15, 0.2) is 35.5 Å². The third-order valence-electron chi connectivity index (χ3n) is 1.30. The first-order valence-electron chi connectivity index (χ1n) is 3.20. The van der Waals surface area contributed by atoms with Crippen LogP contribution in [0.1, 0.15) is 5.56 Å². The Bertz CT molecular complexity index is 246. The van der Waals surface area contributed by atoms with Gasteiger partial charge in [0.2, 0.25) is 0 Å². The minimum atomic E-state index is 0.644. The zero-order valence-corrected chi connectivity index (χ0v) is 7.01. The molecule has 0 aliphatic carbocycles. The molecule has 0 spiro atoms. The van der Waals surface area contributed by atoms with Crippen molar-refractivity contribution < 1.29 is 5.21 Å². The molecule has 1 aromatic carbocycles. The highest BCUT2D eigenvalue weighted by Crippen LogP contribution is 2.09. The first-order chi connectivity index (χ1) is 5.38. The van der Waals surface area contributed by atoms with Crippen LogP contribution in [0.5, 0.6) is 0 Å². The van der Waals surface area contributed by atoms with Crippen LogP contribution >= 0.6 is 11.8 Å². The first-order valence-corrected chi connectivity index (χ1v) is 4.42. The molecule has 2 nitrogen and oxygen atoms in total. The van der Waals surface area contributed by atoms with Crippen molar-refractivity contribution in [3.8, 4) is 0 Å². The van der Waals surface area contributed by atoms with E-state index in [4.69, 9.17) is 5.21 Å². The molecule has 0 saturated carbocycles. The van der Waals surface area contributed by atoms with Gasteiger partial charge in [-0.25, -0.2) is 0 Å². The summed E-state index contributed by atoms with van der Waals surface area (Å²) in [6.45, 7) is 0. The summed E-state index contributed by atoms with van der Waals surface area (Å²) in [5.41, 5.74) is 0.947.